The maximum atomic E-state index is 13.7. The molecule has 0 radical (unpaired) electrons. The first-order valence-electron chi connectivity index (χ1n) is 5.77. The summed E-state index contributed by atoms with van der Waals surface area (Å²) < 4.78 is 45.3. The number of hydrogen-bond donors (Lipinski definition) is 2. The molecule has 1 aromatic rings. The van der Waals surface area contributed by atoms with Crippen molar-refractivity contribution < 1.29 is 17.9 Å². The summed E-state index contributed by atoms with van der Waals surface area (Å²) in [5, 5.41) is 0. The molecule has 3 N–H and O–H groups in total. The van der Waals surface area contributed by atoms with Crippen molar-refractivity contribution in [2.75, 3.05) is 6.61 Å². The third kappa shape index (κ3) is 2.23. The normalized spacial score (nSPS) is 25.4. The number of nitrogens with one attached hydrogen (secondary N) is 1. The Balaban J connectivity index is 2.36. The van der Waals surface area contributed by atoms with Crippen LogP contribution in [0, 0.1) is 23.4 Å². The summed E-state index contributed by atoms with van der Waals surface area (Å²) in [4.78, 5) is 0. The van der Waals surface area contributed by atoms with E-state index in [2.05, 4.69) is 5.43 Å². The molecule has 18 heavy (non-hydrogen) atoms. The molecule has 0 aliphatic carbocycles. The van der Waals surface area contributed by atoms with E-state index in [-0.39, 0.29) is 17.6 Å². The zero-order valence-electron chi connectivity index (χ0n) is 9.92. The van der Waals surface area contributed by atoms with E-state index in [4.69, 9.17) is 10.6 Å². The molecule has 0 amide bonds. The molecule has 100 valence electrons. The van der Waals surface area contributed by atoms with Crippen molar-refractivity contribution in [3.05, 3.63) is 35.1 Å². The topological polar surface area (TPSA) is 47.3 Å². The van der Waals surface area contributed by atoms with Gasteiger partial charge in [0.1, 0.15) is 0 Å². The number of halogens is 3. The van der Waals surface area contributed by atoms with Gasteiger partial charge in [0.05, 0.1) is 12.1 Å². The lowest BCUT2D eigenvalue weighted by atomic mass is 9.92. The molecule has 2 rings (SSSR count). The van der Waals surface area contributed by atoms with Gasteiger partial charge in [0.2, 0.25) is 0 Å². The molecule has 3 atom stereocenters. The largest absolute Gasteiger partial charge is 0.376 e. The summed E-state index contributed by atoms with van der Waals surface area (Å²) in [6.45, 7) is 2.50. The quantitative estimate of drug-likeness (QED) is 0.496. The number of hydrazine groups is 1. The summed E-state index contributed by atoms with van der Waals surface area (Å²) in [5.41, 5.74) is 2.41. The van der Waals surface area contributed by atoms with E-state index in [9.17, 15) is 13.2 Å². The van der Waals surface area contributed by atoms with Crippen LogP contribution in [-0.2, 0) is 4.74 Å². The molecule has 6 heteroatoms. The van der Waals surface area contributed by atoms with Crippen LogP contribution in [-0.4, -0.2) is 12.7 Å². The Morgan fingerprint density at radius 2 is 2.06 bits per heavy atom. The molecule has 3 nitrogen and oxygen atoms in total. The molecule has 3 unspecified atom stereocenters. The molecular formula is C12H15F3N2O. The van der Waals surface area contributed by atoms with Crippen LogP contribution < -0.4 is 11.3 Å². The van der Waals surface area contributed by atoms with Crippen molar-refractivity contribution in [2.24, 2.45) is 11.8 Å². The van der Waals surface area contributed by atoms with Gasteiger partial charge in [-0.2, -0.15) is 0 Å². The molecule has 0 spiro atoms. The maximum Gasteiger partial charge on any atom is 0.194 e. The van der Waals surface area contributed by atoms with Crippen molar-refractivity contribution in [1.82, 2.24) is 5.43 Å². The average molecular weight is 260 g/mol. The van der Waals surface area contributed by atoms with E-state index < -0.39 is 23.5 Å². The highest BCUT2D eigenvalue weighted by atomic mass is 19.2. The van der Waals surface area contributed by atoms with E-state index in [0.717, 1.165) is 12.5 Å². The Hall–Kier alpha value is -1.11. The molecule has 0 saturated carbocycles. The molecule has 1 aliphatic heterocycles. The molecule has 1 saturated heterocycles. The van der Waals surface area contributed by atoms with E-state index >= 15 is 0 Å². The molecule has 0 aromatic heterocycles. The smallest absolute Gasteiger partial charge is 0.194 e. The van der Waals surface area contributed by atoms with E-state index in [1.807, 2.05) is 6.92 Å². The molecule has 1 aliphatic rings. The minimum atomic E-state index is -1.49. The predicted molar refractivity (Wildman–Crippen MR) is 59.9 cm³/mol. The minimum absolute atomic E-state index is 0.0184. The second-order valence-corrected chi connectivity index (χ2v) is 4.51. The fraction of sp³-hybridized carbons (Fsp3) is 0.500. The summed E-state index contributed by atoms with van der Waals surface area (Å²) in [5.74, 6) is 1.63. The third-order valence-electron chi connectivity index (χ3n) is 3.35. The first kappa shape index (κ1) is 13.3. The number of benzene rings is 1. The number of hydrogen-bond acceptors (Lipinski definition) is 3. The van der Waals surface area contributed by atoms with E-state index in [1.54, 1.807) is 0 Å². The monoisotopic (exact) mass is 260 g/mol. The summed E-state index contributed by atoms with van der Waals surface area (Å²) in [7, 11) is 0. The fourth-order valence-corrected chi connectivity index (χ4v) is 2.29. The Labute approximate surface area is 103 Å². The van der Waals surface area contributed by atoms with Crippen LogP contribution >= 0.6 is 0 Å². The predicted octanol–water partition coefficient (Wildman–Crippen LogP) is 2.03. The Morgan fingerprint density at radius 1 is 1.33 bits per heavy atom. The average Bonchev–Trinajstić information content (AvgIpc) is 2.77. The highest BCUT2D eigenvalue weighted by molar-refractivity contribution is 5.25. The zero-order valence-corrected chi connectivity index (χ0v) is 9.92. The molecular weight excluding hydrogens is 245 g/mol. The minimum Gasteiger partial charge on any atom is -0.376 e. The lowest BCUT2D eigenvalue weighted by Gasteiger charge is -2.26. The molecule has 0 bridgehead atoms. The van der Waals surface area contributed by atoms with Crippen molar-refractivity contribution in [1.29, 1.82) is 0 Å². The lowest BCUT2D eigenvalue weighted by molar-refractivity contribution is 0.0593. The van der Waals surface area contributed by atoms with Crippen molar-refractivity contribution >= 4 is 0 Å². The van der Waals surface area contributed by atoms with E-state index in [0.29, 0.717) is 6.61 Å². The second kappa shape index (κ2) is 5.26. The van der Waals surface area contributed by atoms with Gasteiger partial charge in [0.25, 0.3) is 0 Å². The Bertz CT molecular complexity index is 442. The first-order valence-corrected chi connectivity index (χ1v) is 5.77. The van der Waals surface area contributed by atoms with Gasteiger partial charge in [-0.1, -0.05) is 13.0 Å². The van der Waals surface area contributed by atoms with Gasteiger partial charge >= 0.3 is 0 Å². The van der Waals surface area contributed by atoms with Gasteiger partial charge in [-0.05, 0) is 18.4 Å². The first-order chi connectivity index (χ1) is 8.56. The van der Waals surface area contributed by atoms with Crippen LogP contribution in [0.3, 0.4) is 0 Å². The van der Waals surface area contributed by atoms with Crippen LogP contribution in [0.15, 0.2) is 12.1 Å². The van der Waals surface area contributed by atoms with Crippen LogP contribution in [0.25, 0.3) is 0 Å². The standard InChI is InChI=1S/C12H15F3N2O/c1-6-4-5-18-12(6)11(17-16)7-2-3-8(13)10(15)9(7)14/h2-3,6,11-12,17H,4-5,16H2,1H3. The number of ether oxygens (including phenoxy) is 1. The van der Waals surface area contributed by atoms with Gasteiger partial charge in [-0.15, -0.1) is 0 Å². The number of rotatable bonds is 3. The molecule has 1 fully saturated rings. The van der Waals surface area contributed by atoms with Crippen molar-refractivity contribution in [3.63, 3.8) is 0 Å². The van der Waals surface area contributed by atoms with Crippen LogP contribution in [0.1, 0.15) is 24.9 Å². The van der Waals surface area contributed by atoms with Gasteiger partial charge in [-0.25, -0.2) is 13.2 Å². The van der Waals surface area contributed by atoms with Gasteiger partial charge in [0, 0.05) is 12.2 Å². The van der Waals surface area contributed by atoms with Crippen molar-refractivity contribution in [2.45, 2.75) is 25.5 Å². The molecule has 1 aromatic carbocycles. The fourth-order valence-electron chi connectivity index (χ4n) is 2.29. The summed E-state index contributed by atoms with van der Waals surface area (Å²) in [6.07, 6.45) is 0.475. The van der Waals surface area contributed by atoms with Crippen molar-refractivity contribution in [3.8, 4) is 0 Å². The van der Waals surface area contributed by atoms with Gasteiger partial charge < -0.3 is 4.74 Å². The highest BCUT2D eigenvalue weighted by Gasteiger charge is 2.34. The third-order valence-corrected chi connectivity index (χ3v) is 3.35. The van der Waals surface area contributed by atoms with Gasteiger partial charge in [0.15, 0.2) is 17.5 Å². The Kier molecular flexibility index (Phi) is 3.89. The van der Waals surface area contributed by atoms with E-state index in [1.165, 1.54) is 6.07 Å². The zero-order chi connectivity index (χ0) is 13.3. The second-order valence-electron chi connectivity index (χ2n) is 4.51. The molecule has 1 heterocycles. The number of nitrogens with two attached hydrogens (primary N) is 1. The van der Waals surface area contributed by atoms with Gasteiger partial charge in [-0.3, -0.25) is 11.3 Å². The SMILES string of the molecule is CC1CCOC1C(NN)c1ccc(F)c(F)c1F. The Morgan fingerprint density at radius 3 is 2.61 bits per heavy atom. The summed E-state index contributed by atoms with van der Waals surface area (Å²) >= 11 is 0. The summed E-state index contributed by atoms with van der Waals surface area (Å²) in [6, 6.07) is 1.38. The highest BCUT2D eigenvalue weighted by Crippen LogP contribution is 2.32. The maximum absolute atomic E-state index is 13.7. The lowest BCUT2D eigenvalue weighted by Crippen LogP contribution is -2.39. The van der Waals surface area contributed by atoms with Crippen LogP contribution in [0.5, 0.6) is 0 Å². The van der Waals surface area contributed by atoms with Crippen LogP contribution in [0.4, 0.5) is 13.2 Å². The van der Waals surface area contributed by atoms with Crippen LogP contribution in [0.2, 0.25) is 0 Å².